The molecule has 4 nitrogen and oxygen atoms in total. The third kappa shape index (κ3) is 4.62. The molecule has 0 saturated heterocycles. The first-order valence-corrected chi connectivity index (χ1v) is 11.8. The molecule has 2 aromatic heterocycles. The van der Waals surface area contributed by atoms with Gasteiger partial charge in [0.05, 0.1) is 5.52 Å². The van der Waals surface area contributed by atoms with Crippen molar-refractivity contribution in [2.75, 3.05) is 5.32 Å². The Morgan fingerprint density at radius 1 is 1.03 bits per heavy atom. The van der Waals surface area contributed by atoms with Crippen LogP contribution in [-0.2, 0) is 0 Å². The topological polar surface area (TPSA) is 50.7 Å². The predicted molar refractivity (Wildman–Crippen MR) is 129 cm³/mol. The summed E-state index contributed by atoms with van der Waals surface area (Å²) in [5, 5.41) is 5.01. The van der Waals surface area contributed by atoms with Gasteiger partial charge in [0.25, 0.3) is 0 Å². The summed E-state index contributed by atoms with van der Waals surface area (Å²) in [7, 11) is 0. The zero-order valence-electron chi connectivity index (χ0n) is 18.4. The molecule has 2 heterocycles. The van der Waals surface area contributed by atoms with Crippen LogP contribution < -0.4 is 5.32 Å². The number of aromatic nitrogens is 3. The number of para-hydroxylation sites is 1. The number of benzene rings is 2. The monoisotopic (exact) mass is 466 g/mol. The number of pyridine rings is 1. The van der Waals surface area contributed by atoms with Gasteiger partial charge in [-0.3, -0.25) is 4.98 Å². The maximum Gasteiger partial charge on any atom is 0.225 e. The fraction of sp³-hybridized carbons (Fsp3) is 0.346. The van der Waals surface area contributed by atoms with E-state index >= 15 is 0 Å². The van der Waals surface area contributed by atoms with Gasteiger partial charge in [0, 0.05) is 23.0 Å². The van der Waals surface area contributed by atoms with Crippen molar-refractivity contribution in [2.45, 2.75) is 51.0 Å². The largest absolute Gasteiger partial charge is 0.367 e. The lowest BCUT2D eigenvalue weighted by molar-refractivity contribution is 0.302. The van der Waals surface area contributed by atoms with Crippen molar-refractivity contribution in [1.29, 1.82) is 0 Å². The first kappa shape index (κ1) is 22.0. The van der Waals surface area contributed by atoms with Crippen LogP contribution in [0.4, 0.5) is 14.6 Å². The smallest absolute Gasteiger partial charge is 0.225 e. The number of hydrogen-bond donors (Lipinski definition) is 1. The van der Waals surface area contributed by atoms with Gasteiger partial charge in [-0.2, -0.15) is 0 Å². The third-order valence-electron chi connectivity index (χ3n) is 6.74. The van der Waals surface area contributed by atoms with Crippen LogP contribution in [0.15, 0.2) is 48.7 Å². The van der Waals surface area contributed by atoms with Gasteiger partial charge < -0.3 is 5.32 Å². The summed E-state index contributed by atoms with van der Waals surface area (Å²) in [4.78, 5) is 12.7. The molecule has 1 N–H and O–H groups in total. The summed E-state index contributed by atoms with van der Waals surface area (Å²) < 4.78 is 28.0. The fourth-order valence-corrected chi connectivity index (χ4v) is 5.37. The summed E-state index contributed by atoms with van der Waals surface area (Å²) in [5.41, 5.74) is 2.28. The molecule has 0 radical (unpaired) electrons. The van der Waals surface area contributed by atoms with Crippen molar-refractivity contribution in [3.8, 4) is 0 Å². The highest BCUT2D eigenvalue weighted by Gasteiger charge is 2.25. The number of hydrogen-bond acceptors (Lipinski definition) is 4. The van der Waals surface area contributed by atoms with E-state index in [2.05, 4.69) is 27.2 Å². The van der Waals surface area contributed by atoms with Crippen LogP contribution in [-0.4, -0.2) is 21.0 Å². The van der Waals surface area contributed by atoms with Crippen molar-refractivity contribution in [1.82, 2.24) is 15.0 Å². The fourth-order valence-electron chi connectivity index (χ4n) is 5.20. The molecule has 5 rings (SSSR count). The van der Waals surface area contributed by atoms with Crippen LogP contribution in [0.25, 0.3) is 21.8 Å². The number of anilines is 1. The quantitative estimate of drug-likeness (QED) is 0.314. The second-order valence-electron chi connectivity index (χ2n) is 9.04. The van der Waals surface area contributed by atoms with Crippen LogP contribution in [0.2, 0.25) is 5.28 Å². The molecule has 0 amide bonds. The number of halogens is 3. The van der Waals surface area contributed by atoms with Gasteiger partial charge in [0.2, 0.25) is 5.28 Å². The second kappa shape index (κ2) is 9.18. The molecule has 1 unspecified atom stereocenters. The standard InChI is InChI=1S/C26H25ClF2N4/c1-15(31-25-20-3-2-4-22(29)24(20)32-26(27)33-25)13-16-5-7-17(8-6-16)19-11-12-30-23-10-9-18(28)14-21(19)23/h2-4,9-12,14-17H,5-8,13H2,1H3,(H,31,32,33). The Bertz CT molecular complexity index is 1300. The summed E-state index contributed by atoms with van der Waals surface area (Å²) >= 11 is 6.04. The van der Waals surface area contributed by atoms with Gasteiger partial charge in [-0.05, 0) is 104 Å². The van der Waals surface area contributed by atoms with Crippen LogP contribution in [0.3, 0.4) is 0 Å². The SMILES string of the molecule is CC(CC1CCC(c2ccnc3ccc(F)cc23)CC1)Nc1nc(Cl)nc2c(F)cccc12. The molecule has 7 heteroatoms. The normalized spacial score (nSPS) is 19.6. The maximum atomic E-state index is 14.2. The molecule has 33 heavy (non-hydrogen) atoms. The Morgan fingerprint density at radius 3 is 2.67 bits per heavy atom. The lowest BCUT2D eigenvalue weighted by Crippen LogP contribution is -2.23. The first-order valence-electron chi connectivity index (χ1n) is 11.4. The Kier molecular flexibility index (Phi) is 6.11. The van der Waals surface area contributed by atoms with Crippen LogP contribution in [0.1, 0.15) is 50.5 Å². The molecular weight excluding hydrogens is 442 g/mol. The van der Waals surface area contributed by atoms with E-state index in [9.17, 15) is 8.78 Å². The van der Waals surface area contributed by atoms with Crippen molar-refractivity contribution < 1.29 is 8.78 Å². The molecule has 2 aromatic carbocycles. The van der Waals surface area contributed by atoms with Crippen molar-refractivity contribution >= 4 is 39.2 Å². The first-order chi connectivity index (χ1) is 16.0. The Hall–Kier alpha value is -2.86. The van der Waals surface area contributed by atoms with Gasteiger partial charge in [-0.15, -0.1) is 0 Å². The van der Waals surface area contributed by atoms with E-state index in [0.29, 0.717) is 23.0 Å². The molecule has 1 aliphatic carbocycles. The Labute approximate surface area is 196 Å². The highest BCUT2D eigenvalue weighted by Crippen LogP contribution is 2.40. The Balaban J connectivity index is 1.25. The van der Waals surface area contributed by atoms with E-state index < -0.39 is 5.82 Å². The molecule has 1 aliphatic rings. The van der Waals surface area contributed by atoms with E-state index in [1.807, 2.05) is 12.3 Å². The lowest BCUT2D eigenvalue weighted by Gasteiger charge is -2.31. The molecular formula is C26H25ClF2N4. The summed E-state index contributed by atoms with van der Waals surface area (Å²) in [6.07, 6.45) is 7.16. The minimum atomic E-state index is -0.408. The molecule has 170 valence electrons. The minimum Gasteiger partial charge on any atom is -0.367 e. The molecule has 1 saturated carbocycles. The van der Waals surface area contributed by atoms with Crippen molar-refractivity contribution in [3.05, 3.63) is 71.1 Å². The van der Waals surface area contributed by atoms with Crippen molar-refractivity contribution in [3.63, 3.8) is 0 Å². The lowest BCUT2D eigenvalue weighted by atomic mass is 9.76. The molecule has 0 aliphatic heterocycles. The number of fused-ring (bicyclic) bond motifs is 2. The van der Waals surface area contributed by atoms with Gasteiger partial charge >= 0.3 is 0 Å². The zero-order valence-corrected chi connectivity index (χ0v) is 19.1. The highest BCUT2D eigenvalue weighted by atomic mass is 35.5. The second-order valence-corrected chi connectivity index (χ2v) is 9.38. The number of nitrogens with one attached hydrogen (secondary N) is 1. The predicted octanol–water partition coefficient (Wildman–Crippen LogP) is 7.27. The summed E-state index contributed by atoms with van der Waals surface area (Å²) in [5.74, 6) is 0.936. The van der Waals surface area contributed by atoms with Crippen molar-refractivity contribution in [2.24, 2.45) is 5.92 Å². The van der Waals surface area contributed by atoms with Gasteiger partial charge in [0.15, 0.2) is 0 Å². The maximum absolute atomic E-state index is 14.2. The summed E-state index contributed by atoms with van der Waals surface area (Å²) in [6, 6.07) is 11.8. The van der Waals surface area contributed by atoms with E-state index in [1.165, 1.54) is 17.7 Å². The average molecular weight is 467 g/mol. The number of nitrogens with zero attached hydrogens (tertiary/aromatic N) is 3. The molecule has 0 spiro atoms. The molecule has 0 bridgehead atoms. The average Bonchev–Trinajstić information content (AvgIpc) is 2.80. The van der Waals surface area contributed by atoms with E-state index in [4.69, 9.17) is 11.6 Å². The third-order valence-corrected chi connectivity index (χ3v) is 6.91. The van der Waals surface area contributed by atoms with Gasteiger partial charge in [-0.1, -0.05) is 6.07 Å². The van der Waals surface area contributed by atoms with Crippen LogP contribution >= 0.6 is 11.6 Å². The molecule has 1 fully saturated rings. The van der Waals surface area contributed by atoms with Gasteiger partial charge in [0.1, 0.15) is 23.0 Å². The van der Waals surface area contributed by atoms with Crippen LogP contribution in [0, 0.1) is 17.6 Å². The van der Waals surface area contributed by atoms with E-state index in [0.717, 1.165) is 43.0 Å². The molecule has 1 atom stereocenters. The minimum absolute atomic E-state index is 0.0313. The highest BCUT2D eigenvalue weighted by molar-refractivity contribution is 6.28. The zero-order chi connectivity index (χ0) is 22.9. The summed E-state index contributed by atoms with van der Waals surface area (Å²) in [6.45, 7) is 2.12. The number of rotatable bonds is 5. The van der Waals surface area contributed by atoms with Crippen LogP contribution in [0.5, 0.6) is 0 Å². The molecule has 4 aromatic rings. The Morgan fingerprint density at radius 2 is 1.85 bits per heavy atom. The van der Waals surface area contributed by atoms with Gasteiger partial charge in [-0.25, -0.2) is 18.7 Å². The van der Waals surface area contributed by atoms with E-state index in [-0.39, 0.29) is 22.7 Å². The van der Waals surface area contributed by atoms with E-state index in [1.54, 1.807) is 24.3 Å².